The van der Waals surface area contributed by atoms with Gasteiger partial charge in [0.1, 0.15) is 12.4 Å². The maximum Gasteiger partial charge on any atom is 0.293 e. The van der Waals surface area contributed by atoms with E-state index in [9.17, 15) is 14.0 Å². The van der Waals surface area contributed by atoms with E-state index in [1.54, 1.807) is 36.4 Å². The number of nitrogens with zero attached hydrogens (tertiary/aromatic N) is 1. The van der Waals surface area contributed by atoms with Crippen LogP contribution in [0.5, 0.6) is 11.5 Å². The standard InChI is InChI=1S/C29H21ClFNO4S/c1-35-25-14-18(13-23(30)27(25)36-17-21-8-3-5-12-24(21)31)15-26-28(33)32(29(34)37-26)16-20-10-6-9-19-7-2-4-11-22(19)20/h2-15H,16-17H2,1H3/b26-15+. The van der Waals surface area contributed by atoms with Crippen molar-refractivity contribution >= 4 is 51.4 Å². The first-order chi connectivity index (χ1) is 17.9. The van der Waals surface area contributed by atoms with Gasteiger partial charge in [-0.3, -0.25) is 14.5 Å². The van der Waals surface area contributed by atoms with Crippen molar-refractivity contribution in [3.8, 4) is 11.5 Å². The lowest BCUT2D eigenvalue weighted by molar-refractivity contribution is -0.123. The molecule has 0 unspecified atom stereocenters. The summed E-state index contributed by atoms with van der Waals surface area (Å²) in [6, 6.07) is 23.2. The van der Waals surface area contributed by atoms with E-state index >= 15 is 0 Å². The Morgan fingerprint density at radius 2 is 1.70 bits per heavy atom. The van der Waals surface area contributed by atoms with E-state index in [-0.39, 0.29) is 45.8 Å². The molecule has 0 N–H and O–H groups in total. The monoisotopic (exact) mass is 533 g/mol. The number of hydrogen-bond donors (Lipinski definition) is 0. The normalized spacial score (nSPS) is 14.6. The van der Waals surface area contributed by atoms with Crippen LogP contribution in [0, 0.1) is 5.82 Å². The minimum absolute atomic E-state index is 0.0326. The number of imide groups is 1. The second-order valence-corrected chi connectivity index (χ2v) is 9.72. The molecule has 8 heteroatoms. The van der Waals surface area contributed by atoms with Gasteiger partial charge in [0.2, 0.25) is 0 Å². The van der Waals surface area contributed by atoms with Crippen molar-refractivity contribution in [1.82, 2.24) is 4.90 Å². The molecule has 1 saturated heterocycles. The number of carbonyl (C=O) groups is 2. The molecule has 1 aliphatic heterocycles. The van der Waals surface area contributed by atoms with Gasteiger partial charge >= 0.3 is 0 Å². The summed E-state index contributed by atoms with van der Waals surface area (Å²) >= 11 is 7.34. The molecule has 1 fully saturated rings. The van der Waals surface area contributed by atoms with Crippen molar-refractivity contribution in [2.24, 2.45) is 0 Å². The van der Waals surface area contributed by atoms with Crippen LogP contribution in [0.4, 0.5) is 9.18 Å². The number of thioether (sulfide) groups is 1. The second-order valence-electron chi connectivity index (χ2n) is 8.32. The highest BCUT2D eigenvalue weighted by Crippen LogP contribution is 2.40. The molecule has 1 heterocycles. The number of ether oxygens (including phenoxy) is 2. The first-order valence-electron chi connectivity index (χ1n) is 11.4. The van der Waals surface area contributed by atoms with Crippen molar-refractivity contribution in [3.63, 3.8) is 0 Å². The Bertz CT molecular complexity index is 1550. The quantitative estimate of drug-likeness (QED) is 0.231. The second kappa shape index (κ2) is 10.7. The van der Waals surface area contributed by atoms with E-state index in [1.807, 2.05) is 42.5 Å². The number of benzene rings is 4. The van der Waals surface area contributed by atoms with Crippen LogP contribution in [0.2, 0.25) is 5.02 Å². The van der Waals surface area contributed by atoms with Crippen molar-refractivity contribution < 1.29 is 23.5 Å². The fourth-order valence-electron chi connectivity index (χ4n) is 4.12. The Morgan fingerprint density at radius 1 is 0.973 bits per heavy atom. The van der Waals surface area contributed by atoms with E-state index in [1.165, 1.54) is 18.1 Å². The summed E-state index contributed by atoms with van der Waals surface area (Å²) in [4.78, 5) is 27.4. The predicted molar refractivity (Wildman–Crippen MR) is 144 cm³/mol. The Hall–Kier alpha value is -3.81. The third-order valence-corrected chi connectivity index (χ3v) is 7.15. The summed E-state index contributed by atoms with van der Waals surface area (Å²) in [7, 11) is 1.46. The van der Waals surface area contributed by atoms with Crippen LogP contribution in [-0.2, 0) is 17.9 Å². The number of halogens is 2. The summed E-state index contributed by atoms with van der Waals surface area (Å²) in [5.74, 6) is -0.176. The van der Waals surface area contributed by atoms with E-state index < -0.39 is 0 Å². The average Bonchev–Trinajstić information content (AvgIpc) is 3.16. The molecule has 0 saturated carbocycles. The SMILES string of the molecule is COc1cc(/C=C2/SC(=O)N(Cc3cccc4ccccc34)C2=O)cc(Cl)c1OCc1ccccc1F. The summed E-state index contributed by atoms with van der Waals surface area (Å²) in [5.41, 5.74) is 1.84. The molecular weight excluding hydrogens is 513 g/mol. The molecule has 0 atom stereocenters. The maximum absolute atomic E-state index is 14.0. The summed E-state index contributed by atoms with van der Waals surface area (Å²) < 4.78 is 25.2. The molecule has 37 heavy (non-hydrogen) atoms. The van der Waals surface area contributed by atoms with Gasteiger partial charge in [-0.2, -0.15) is 0 Å². The number of methoxy groups -OCH3 is 1. The van der Waals surface area contributed by atoms with Crippen molar-refractivity contribution in [1.29, 1.82) is 0 Å². The summed E-state index contributed by atoms with van der Waals surface area (Å²) in [6.45, 7) is 0.144. The van der Waals surface area contributed by atoms with Crippen molar-refractivity contribution in [2.75, 3.05) is 7.11 Å². The van der Waals surface area contributed by atoms with E-state index in [4.69, 9.17) is 21.1 Å². The molecule has 4 aromatic carbocycles. The molecule has 2 amide bonds. The number of hydrogen-bond acceptors (Lipinski definition) is 5. The van der Waals surface area contributed by atoms with Gasteiger partial charge in [-0.15, -0.1) is 0 Å². The van der Waals surface area contributed by atoms with E-state index in [2.05, 4.69) is 0 Å². The molecule has 186 valence electrons. The van der Waals surface area contributed by atoms with Crippen LogP contribution < -0.4 is 9.47 Å². The van der Waals surface area contributed by atoms with Gasteiger partial charge in [-0.05, 0) is 57.9 Å². The van der Waals surface area contributed by atoms with Crippen LogP contribution in [0.1, 0.15) is 16.7 Å². The van der Waals surface area contributed by atoms with Gasteiger partial charge in [-0.1, -0.05) is 72.3 Å². The Morgan fingerprint density at radius 3 is 2.51 bits per heavy atom. The van der Waals surface area contributed by atoms with Crippen LogP contribution in [-0.4, -0.2) is 23.2 Å². The molecule has 1 aliphatic rings. The first-order valence-corrected chi connectivity index (χ1v) is 12.6. The molecule has 0 aromatic heterocycles. The highest BCUT2D eigenvalue weighted by atomic mass is 35.5. The van der Waals surface area contributed by atoms with Gasteiger partial charge in [0, 0.05) is 5.56 Å². The molecule has 5 nitrogen and oxygen atoms in total. The molecule has 0 spiro atoms. The number of carbonyl (C=O) groups excluding carboxylic acids is 2. The largest absolute Gasteiger partial charge is 0.493 e. The average molecular weight is 534 g/mol. The minimum Gasteiger partial charge on any atom is -0.493 e. The van der Waals surface area contributed by atoms with E-state index in [0.29, 0.717) is 16.9 Å². The zero-order chi connectivity index (χ0) is 25.9. The molecule has 0 radical (unpaired) electrons. The predicted octanol–water partition coefficient (Wildman–Crippen LogP) is 7.46. The number of amides is 2. The Balaban J connectivity index is 1.37. The van der Waals surface area contributed by atoms with Crippen LogP contribution >= 0.6 is 23.4 Å². The third-order valence-electron chi connectivity index (χ3n) is 5.96. The third kappa shape index (κ3) is 5.19. The maximum atomic E-state index is 14.0. The van der Waals surface area contributed by atoms with Crippen LogP contribution in [0.15, 0.2) is 83.8 Å². The molecule has 0 bridgehead atoms. The zero-order valence-electron chi connectivity index (χ0n) is 19.7. The van der Waals surface area contributed by atoms with Gasteiger partial charge in [0.05, 0.1) is 23.6 Å². The van der Waals surface area contributed by atoms with E-state index in [0.717, 1.165) is 28.1 Å². The zero-order valence-corrected chi connectivity index (χ0v) is 21.3. The fourth-order valence-corrected chi connectivity index (χ4v) is 5.23. The first kappa shape index (κ1) is 24.9. The smallest absolute Gasteiger partial charge is 0.293 e. The lowest BCUT2D eigenvalue weighted by Crippen LogP contribution is -2.27. The topological polar surface area (TPSA) is 55.8 Å². The number of rotatable bonds is 7. The van der Waals surface area contributed by atoms with Gasteiger partial charge < -0.3 is 9.47 Å². The lowest BCUT2D eigenvalue weighted by Gasteiger charge is -2.15. The van der Waals surface area contributed by atoms with Gasteiger partial charge in [0.25, 0.3) is 11.1 Å². The van der Waals surface area contributed by atoms with Crippen molar-refractivity contribution in [2.45, 2.75) is 13.2 Å². The van der Waals surface area contributed by atoms with Gasteiger partial charge in [0.15, 0.2) is 11.5 Å². The number of fused-ring (bicyclic) bond motifs is 1. The minimum atomic E-state index is -0.381. The summed E-state index contributed by atoms with van der Waals surface area (Å²) in [5, 5.41) is 1.93. The fraction of sp³-hybridized carbons (Fsp3) is 0.103. The molecule has 0 aliphatic carbocycles. The molecule has 4 aromatic rings. The summed E-state index contributed by atoms with van der Waals surface area (Å²) in [6.07, 6.45) is 1.60. The van der Waals surface area contributed by atoms with Crippen LogP contribution in [0.3, 0.4) is 0 Å². The highest BCUT2D eigenvalue weighted by molar-refractivity contribution is 8.18. The molecular formula is C29H21ClFNO4S. The van der Waals surface area contributed by atoms with Crippen molar-refractivity contribution in [3.05, 3.63) is 111 Å². The molecule has 5 rings (SSSR count). The Labute approximate surface area is 222 Å². The van der Waals surface area contributed by atoms with Gasteiger partial charge in [-0.25, -0.2) is 4.39 Å². The van der Waals surface area contributed by atoms with Crippen LogP contribution in [0.25, 0.3) is 16.8 Å². The Kier molecular flexibility index (Phi) is 7.17. The highest BCUT2D eigenvalue weighted by Gasteiger charge is 2.35. The lowest BCUT2D eigenvalue weighted by atomic mass is 10.0.